The summed E-state index contributed by atoms with van der Waals surface area (Å²) in [5.74, 6) is 0. The van der Waals surface area contributed by atoms with Crippen LogP contribution in [0.5, 0.6) is 0 Å². The van der Waals surface area contributed by atoms with Crippen LogP contribution in [0.15, 0.2) is 53.5 Å². The van der Waals surface area contributed by atoms with Crippen LogP contribution in [0.2, 0.25) is 0 Å². The number of anilines is 2. The number of pyridine rings is 2. The predicted octanol–water partition coefficient (Wildman–Crippen LogP) is 0.960. The molecule has 0 saturated heterocycles. The van der Waals surface area contributed by atoms with Gasteiger partial charge < -0.3 is 10.3 Å². The van der Waals surface area contributed by atoms with E-state index in [0.29, 0.717) is 5.65 Å². The van der Waals surface area contributed by atoms with Crippen molar-refractivity contribution in [2.75, 3.05) is 5.32 Å². The van der Waals surface area contributed by atoms with Gasteiger partial charge in [0.1, 0.15) is 5.65 Å². The van der Waals surface area contributed by atoms with Crippen LogP contribution < -0.4 is 20.7 Å². The van der Waals surface area contributed by atoms with E-state index in [4.69, 9.17) is 5.14 Å². The number of hydrogen-bond donors (Lipinski definition) is 4. The zero-order chi connectivity index (χ0) is 17.2. The van der Waals surface area contributed by atoms with Crippen molar-refractivity contribution in [2.45, 2.75) is 6.54 Å². The molecule has 0 unspecified atom stereocenters. The molecule has 0 aliphatic heterocycles. The normalized spacial score (nSPS) is 11.5. The molecule has 2 aromatic heterocycles. The Morgan fingerprint density at radius 3 is 2.54 bits per heavy atom. The van der Waals surface area contributed by atoms with E-state index in [2.05, 4.69) is 20.0 Å². The standard InChI is InChI=1S/C15H15N5O3S/c16-24(22,23)18-9-10-1-3-11(4-2-10)19-13-7-8-17-15-12(13)5-6-14(21)20-15/h1-8,18H,9H2,(H2,16,22,23)(H2,17,19,20,21). The lowest BCUT2D eigenvalue weighted by Crippen LogP contribution is -2.30. The summed E-state index contributed by atoms with van der Waals surface area (Å²) in [4.78, 5) is 18.2. The Kier molecular flexibility index (Phi) is 4.30. The highest BCUT2D eigenvalue weighted by Gasteiger charge is 2.04. The van der Waals surface area contributed by atoms with Crippen LogP contribution in [0.1, 0.15) is 5.56 Å². The Balaban J connectivity index is 1.80. The topological polar surface area (TPSA) is 130 Å². The van der Waals surface area contributed by atoms with Gasteiger partial charge in [-0.2, -0.15) is 13.1 Å². The van der Waals surface area contributed by atoms with Crippen LogP contribution in [0.3, 0.4) is 0 Å². The van der Waals surface area contributed by atoms with Crippen molar-refractivity contribution in [3.8, 4) is 0 Å². The summed E-state index contributed by atoms with van der Waals surface area (Å²) in [5, 5.41) is 8.93. The number of nitrogens with one attached hydrogen (secondary N) is 3. The first-order valence-corrected chi connectivity index (χ1v) is 8.57. The maximum Gasteiger partial charge on any atom is 0.274 e. The fourth-order valence-corrected chi connectivity index (χ4v) is 2.58. The number of nitrogens with two attached hydrogens (primary N) is 1. The zero-order valence-corrected chi connectivity index (χ0v) is 13.3. The Hall–Kier alpha value is -2.75. The largest absolute Gasteiger partial charge is 0.355 e. The first-order chi connectivity index (χ1) is 11.4. The maximum atomic E-state index is 11.3. The van der Waals surface area contributed by atoms with E-state index >= 15 is 0 Å². The van der Waals surface area contributed by atoms with Gasteiger partial charge in [0.2, 0.25) is 5.56 Å². The minimum Gasteiger partial charge on any atom is -0.355 e. The molecule has 3 aromatic rings. The number of hydrogen-bond acceptors (Lipinski definition) is 5. The Morgan fingerprint density at radius 2 is 1.83 bits per heavy atom. The van der Waals surface area contributed by atoms with Gasteiger partial charge in [-0.15, -0.1) is 0 Å². The summed E-state index contributed by atoms with van der Waals surface area (Å²) in [7, 11) is -3.71. The van der Waals surface area contributed by atoms with Gasteiger partial charge in [0.25, 0.3) is 10.2 Å². The fourth-order valence-electron chi connectivity index (χ4n) is 2.21. The third kappa shape index (κ3) is 3.96. The van der Waals surface area contributed by atoms with Gasteiger partial charge >= 0.3 is 0 Å². The van der Waals surface area contributed by atoms with Gasteiger partial charge in [0, 0.05) is 29.9 Å². The van der Waals surface area contributed by atoms with Crippen molar-refractivity contribution in [1.82, 2.24) is 14.7 Å². The lowest BCUT2D eigenvalue weighted by atomic mass is 10.2. The van der Waals surface area contributed by atoms with Crippen molar-refractivity contribution >= 4 is 32.6 Å². The quantitative estimate of drug-likeness (QED) is 0.547. The third-order valence-corrected chi connectivity index (χ3v) is 3.89. The van der Waals surface area contributed by atoms with Crippen molar-refractivity contribution in [3.05, 3.63) is 64.6 Å². The molecule has 124 valence electrons. The highest BCUT2D eigenvalue weighted by molar-refractivity contribution is 7.87. The molecule has 0 aliphatic rings. The smallest absolute Gasteiger partial charge is 0.274 e. The monoisotopic (exact) mass is 345 g/mol. The van der Waals surface area contributed by atoms with Crippen LogP contribution in [0, 0.1) is 0 Å². The van der Waals surface area contributed by atoms with Crippen molar-refractivity contribution in [3.63, 3.8) is 0 Å². The molecule has 8 nitrogen and oxygen atoms in total. The molecule has 9 heteroatoms. The molecular formula is C15H15N5O3S. The van der Waals surface area contributed by atoms with Gasteiger partial charge in [0.15, 0.2) is 0 Å². The van der Waals surface area contributed by atoms with E-state index in [9.17, 15) is 13.2 Å². The van der Waals surface area contributed by atoms with Gasteiger partial charge in [-0.05, 0) is 29.8 Å². The molecule has 0 atom stereocenters. The van der Waals surface area contributed by atoms with E-state index < -0.39 is 10.2 Å². The van der Waals surface area contributed by atoms with E-state index in [1.54, 1.807) is 30.5 Å². The van der Waals surface area contributed by atoms with Crippen LogP contribution in [0.4, 0.5) is 11.4 Å². The molecule has 0 bridgehead atoms. The SMILES string of the molecule is NS(=O)(=O)NCc1ccc(Nc2ccnc3[nH]c(=O)ccc23)cc1. The second-order valence-electron chi connectivity index (χ2n) is 5.13. The summed E-state index contributed by atoms with van der Waals surface area (Å²) in [6.45, 7) is 0.124. The van der Waals surface area contributed by atoms with Crippen molar-refractivity contribution in [2.24, 2.45) is 5.14 Å². The third-order valence-electron chi connectivity index (χ3n) is 3.34. The number of rotatable bonds is 5. The molecule has 24 heavy (non-hydrogen) atoms. The van der Waals surface area contributed by atoms with Crippen LogP contribution in [0.25, 0.3) is 11.0 Å². The number of benzene rings is 1. The van der Waals surface area contributed by atoms with Gasteiger partial charge in [0.05, 0.1) is 5.69 Å². The van der Waals surface area contributed by atoms with Crippen LogP contribution in [-0.2, 0) is 16.8 Å². The fraction of sp³-hybridized carbons (Fsp3) is 0.0667. The summed E-state index contributed by atoms with van der Waals surface area (Å²) < 4.78 is 24.0. The number of aromatic nitrogens is 2. The molecule has 0 amide bonds. The average Bonchev–Trinajstić information content (AvgIpc) is 2.53. The highest BCUT2D eigenvalue weighted by atomic mass is 32.2. The first kappa shape index (κ1) is 16.1. The van der Waals surface area contributed by atoms with Crippen molar-refractivity contribution in [1.29, 1.82) is 0 Å². The Labute approximate surface area is 137 Å². The second-order valence-corrected chi connectivity index (χ2v) is 6.51. The highest BCUT2D eigenvalue weighted by Crippen LogP contribution is 2.23. The lowest BCUT2D eigenvalue weighted by Gasteiger charge is -2.10. The van der Waals surface area contributed by atoms with E-state index in [0.717, 1.165) is 22.3 Å². The molecule has 5 N–H and O–H groups in total. The predicted molar refractivity (Wildman–Crippen MR) is 92.0 cm³/mol. The average molecular weight is 345 g/mol. The molecule has 1 aromatic carbocycles. The van der Waals surface area contributed by atoms with Crippen LogP contribution in [-0.4, -0.2) is 18.4 Å². The second kappa shape index (κ2) is 6.40. The molecule has 0 spiro atoms. The van der Waals surface area contributed by atoms with E-state index in [1.807, 2.05) is 12.1 Å². The molecule has 0 aliphatic carbocycles. The first-order valence-electron chi connectivity index (χ1n) is 7.02. The van der Waals surface area contributed by atoms with Gasteiger partial charge in [-0.3, -0.25) is 4.79 Å². The summed E-state index contributed by atoms with van der Waals surface area (Å²) in [5.41, 5.74) is 2.68. The molecule has 3 rings (SSSR count). The summed E-state index contributed by atoms with van der Waals surface area (Å²) >= 11 is 0. The van der Waals surface area contributed by atoms with E-state index in [1.165, 1.54) is 6.07 Å². The zero-order valence-electron chi connectivity index (χ0n) is 12.5. The van der Waals surface area contributed by atoms with Crippen LogP contribution >= 0.6 is 0 Å². The molecular weight excluding hydrogens is 330 g/mol. The maximum absolute atomic E-state index is 11.3. The summed E-state index contributed by atoms with van der Waals surface area (Å²) in [6, 6.07) is 12.1. The Bertz CT molecular complexity index is 1030. The van der Waals surface area contributed by atoms with Gasteiger partial charge in [-0.25, -0.2) is 10.1 Å². The number of nitrogens with zero attached hydrogens (tertiary/aromatic N) is 1. The van der Waals surface area contributed by atoms with E-state index in [-0.39, 0.29) is 12.1 Å². The lowest BCUT2D eigenvalue weighted by molar-refractivity contribution is 0.583. The number of H-pyrrole nitrogens is 1. The molecule has 0 radical (unpaired) electrons. The van der Waals surface area contributed by atoms with Gasteiger partial charge in [-0.1, -0.05) is 12.1 Å². The molecule has 0 saturated carbocycles. The molecule has 2 heterocycles. The van der Waals surface area contributed by atoms with Crippen molar-refractivity contribution < 1.29 is 8.42 Å². The number of aromatic amines is 1. The number of fused-ring (bicyclic) bond motifs is 1. The molecule has 0 fully saturated rings. The minimum atomic E-state index is -3.71. The summed E-state index contributed by atoms with van der Waals surface area (Å²) in [6.07, 6.45) is 1.60. The minimum absolute atomic E-state index is 0.124. The Morgan fingerprint density at radius 1 is 1.08 bits per heavy atom.